The summed E-state index contributed by atoms with van der Waals surface area (Å²) in [6, 6.07) is 12.1. The summed E-state index contributed by atoms with van der Waals surface area (Å²) < 4.78 is 5.57. The van der Waals surface area contributed by atoms with Gasteiger partial charge in [-0.15, -0.1) is 0 Å². The molecule has 2 aromatic rings. The molecule has 2 rings (SSSR count). The first-order chi connectivity index (χ1) is 9.47. The minimum Gasteiger partial charge on any atom is -0.491 e. The predicted molar refractivity (Wildman–Crippen MR) is 79.6 cm³/mol. The van der Waals surface area contributed by atoms with Crippen molar-refractivity contribution in [1.29, 1.82) is 0 Å². The number of rotatable bonds is 4. The smallest absolute Gasteiger partial charge is 0.335 e. The number of hydrogen-bond donors (Lipinski definition) is 1. The Bertz CT molecular complexity index is 618. The molecule has 1 N–H and O–H groups in total. The van der Waals surface area contributed by atoms with Crippen LogP contribution in [0.1, 0.15) is 24.2 Å². The van der Waals surface area contributed by atoms with Crippen LogP contribution in [0.25, 0.3) is 11.1 Å². The molecule has 0 radical (unpaired) electrons. The molecule has 0 atom stereocenters. The van der Waals surface area contributed by atoms with Gasteiger partial charge in [0.25, 0.3) is 0 Å². The van der Waals surface area contributed by atoms with Crippen molar-refractivity contribution in [3.63, 3.8) is 0 Å². The maximum atomic E-state index is 10.8. The third-order valence-electron chi connectivity index (χ3n) is 2.76. The number of hydrogen-bond acceptors (Lipinski definition) is 2. The number of carbonyl (C=O) groups is 1. The summed E-state index contributed by atoms with van der Waals surface area (Å²) in [5.41, 5.74) is 1.97. The monoisotopic (exact) mass is 290 g/mol. The third-order valence-corrected chi connectivity index (χ3v) is 3.07. The molecule has 0 fully saturated rings. The van der Waals surface area contributed by atoms with Gasteiger partial charge >= 0.3 is 5.97 Å². The maximum Gasteiger partial charge on any atom is 0.335 e. The van der Waals surface area contributed by atoms with E-state index >= 15 is 0 Å². The second kappa shape index (κ2) is 5.97. The van der Waals surface area contributed by atoms with E-state index in [-0.39, 0.29) is 11.7 Å². The average molecular weight is 291 g/mol. The average Bonchev–Trinajstić information content (AvgIpc) is 2.38. The first kappa shape index (κ1) is 14.4. The summed E-state index contributed by atoms with van der Waals surface area (Å²) in [5, 5.41) is 9.45. The van der Waals surface area contributed by atoms with E-state index in [1.807, 2.05) is 26.0 Å². The molecule has 0 saturated carbocycles. The van der Waals surface area contributed by atoms with E-state index in [0.29, 0.717) is 5.02 Å². The Kier molecular flexibility index (Phi) is 4.30. The van der Waals surface area contributed by atoms with Crippen LogP contribution in [0.4, 0.5) is 0 Å². The lowest BCUT2D eigenvalue weighted by molar-refractivity contribution is 0.0697. The zero-order valence-corrected chi connectivity index (χ0v) is 12.0. The van der Waals surface area contributed by atoms with E-state index in [2.05, 4.69) is 0 Å². The van der Waals surface area contributed by atoms with Crippen molar-refractivity contribution in [1.82, 2.24) is 0 Å². The van der Waals surface area contributed by atoms with Crippen LogP contribution >= 0.6 is 11.6 Å². The Morgan fingerprint density at radius 3 is 2.30 bits per heavy atom. The van der Waals surface area contributed by atoms with Gasteiger partial charge in [-0.05, 0) is 49.7 Å². The molecule has 0 aliphatic heterocycles. The fraction of sp³-hybridized carbons (Fsp3) is 0.188. The second-order valence-corrected chi connectivity index (χ2v) is 5.10. The van der Waals surface area contributed by atoms with Crippen LogP contribution in [0.15, 0.2) is 42.5 Å². The highest BCUT2D eigenvalue weighted by molar-refractivity contribution is 6.33. The fourth-order valence-corrected chi connectivity index (χ4v) is 2.15. The number of ether oxygens (including phenoxy) is 1. The van der Waals surface area contributed by atoms with Gasteiger partial charge in [0.15, 0.2) is 0 Å². The molecule has 0 amide bonds. The highest BCUT2D eigenvalue weighted by Crippen LogP contribution is 2.31. The molecule has 4 heteroatoms. The van der Waals surface area contributed by atoms with Gasteiger partial charge in [0.2, 0.25) is 0 Å². The topological polar surface area (TPSA) is 46.5 Å². The van der Waals surface area contributed by atoms with Crippen LogP contribution in [-0.2, 0) is 0 Å². The molecule has 0 saturated heterocycles. The van der Waals surface area contributed by atoms with Crippen molar-refractivity contribution < 1.29 is 14.6 Å². The van der Waals surface area contributed by atoms with Gasteiger partial charge in [-0.3, -0.25) is 0 Å². The quantitative estimate of drug-likeness (QED) is 0.902. The highest BCUT2D eigenvalue weighted by Gasteiger charge is 2.08. The Morgan fingerprint density at radius 2 is 1.80 bits per heavy atom. The molecule has 2 aromatic carbocycles. The molecule has 104 valence electrons. The first-order valence-electron chi connectivity index (χ1n) is 6.27. The Labute approximate surface area is 122 Å². The first-order valence-corrected chi connectivity index (χ1v) is 6.65. The lowest BCUT2D eigenvalue weighted by atomic mass is 10.0. The summed E-state index contributed by atoms with van der Waals surface area (Å²) in [4.78, 5) is 10.8. The van der Waals surface area contributed by atoms with E-state index in [4.69, 9.17) is 21.4 Å². The minimum absolute atomic E-state index is 0.0896. The van der Waals surface area contributed by atoms with Gasteiger partial charge in [0.1, 0.15) is 5.75 Å². The summed E-state index contributed by atoms with van der Waals surface area (Å²) in [7, 11) is 0. The molecule has 0 bridgehead atoms. The summed E-state index contributed by atoms with van der Waals surface area (Å²) in [6.07, 6.45) is 0.0896. The zero-order valence-electron chi connectivity index (χ0n) is 11.3. The van der Waals surface area contributed by atoms with Gasteiger partial charge < -0.3 is 9.84 Å². The highest BCUT2D eigenvalue weighted by atomic mass is 35.5. The largest absolute Gasteiger partial charge is 0.491 e. The lowest BCUT2D eigenvalue weighted by Crippen LogP contribution is -2.05. The molecule has 0 heterocycles. The molecule has 3 nitrogen and oxygen atoms in total. The zero-order chi connectivity index (χ0) is 14.7. The van der Waals surface area contributed by atoms with Crippen LogP contribution in [0, 0.1) is 0 Å². The number of aromatic carboxylic acids is 1. The van der Waals surface area contributed by atoms with E-state index < -0.39 is 5.97 Å². The standard InChI is InChI=1S/C16H15ClO3/c1-10(2)20-13-7-8-14(15(17)9-13)11-3-5-12(6-4-11)16(18)19/h3-10H,1-2H3,(H,18,19). The maximum absolute atomic E-state index is 10.8. The van der Waals surface area contributed by atoms with Gasteiger partial charge in [-0.2, -0.15) is 0 Å². The van der Waals surface area contributed by atoms with Crippen molar-refractivity contribution in [2.75, 3.05) is 0 Å². The number of benzene rings is 2. The number of carboxylic acids is 1. The van der Waals surface area contributed by atoms with E-state index in [1.54, 1.807) is 30.3 Å². The molecular formula is C16H15ClO3. The predicted octanol–water partition coefficient (Wildman–Crippen LogP) is 4.49. The van der Waals surface area contributed by atoms with E-state index in [0.717, 1.165) is 16.9 Å². The number of carboxylic acid groups (broad SMARTS) is 1. The number of halogens is 1. The minimum atomic E-state index is -0.941. The molecule has 20 heavy (non-hydrogen) atoms. The van der Waals surface area contributed by atoms with E-state index in [9.17, 15) is 4.79 Å². The molecule has 0 aromatic heterocycles. The van der Waals surface area contributed by atoms with Crippen LogP contribution in [0.3, 0.4) is 0 Å². The molecule has 0 spiro atoms. The van der Waals surface area contributed by atoms with Gasteiger partial charge in [-0.25, -0.2) is 4.79 Å². The van der Waals surface area contributed by atoms with Crippen LogP contribution in [-0.4, -0.2) is 17.2 Å². The second-order valence-electron chi connectivity index (χ2n) is 4.69. The molecule has 0 unspecified atom stereocenters. The molecule has 0 aliphatic carbocycles. The van der Waals surface area contributed by atoms with Crippen molar-refractivity contribution in [2.24, 2.45) is 0 Å². The Hall–Kier alpha value is -2.00. The van der Waals surface area contributed by atoms with Crippen molar-refractivity contribution in [2.45, 2.75) is 20.0 Å². The molecular weight excluding hydrogens is 276 g/mol. The fourth-order valence-electron chi connectivity index (χ4n) is 1.87. The van der Waals surface area contributed by atoms with Crippen molar-refractivity contribution >= 4 is 17.6 Å². The Balaban J connectivity index is 2.30. The Morgan fingerprint density at radius 1 is 1.15 bits per heavy atom. The van der Waals surface area contributed by atoms with Crippen molar-refractivity contribution in [3.8, 4) is 16.9 Å². The van der Waals surface area contributed by atoms with Gasteiger partial charge in [0.05, 0.1) is 16.7 Å². The lowest BCUT2D eigenvalue weighted by Gasteiger charge is -2.12. The van der Waals surface area contributed by atoms with Crippen LogP contribution in [0.2, 0.25) is 5.02 Å². The van der Waals surface area contributed by atoms with Gasteiger partial charge in [-0.1, -0.05) is 23.7 Å². The van der Waals surface area contributed by atoms with Crippen LogP contribution < -0.4 is 4.74 Å². The van der Waals surface area contributed by atoms with Gasteiger partial charge in [0, 0.05) is 5.56 Å². The summed E-state index contributed by atoms with van der Waals surface area (Å²) >= 11 is 6.25. The van der Waals surface area contributed by atoms with E-state index in [1.165, 1.54) is 0 Å². The van der Waals surface area contributed by atoms with Crippen LogP contribution in [0.5, 0.6) is 5.75 Å². The van der Waals surface area contributed by atoms with Crippen molar-refractivity contribution in [3.05, 3.63) is 53.1 Å². The summed E-state index contributed by atoms with van der Waals surface area (Å²) in [6.45, 7) is 3.90. The third kappa shape index (κ3) is 3.31. The summed E-state index contributed by atoms with van der Waals surface area (Å²) in [5.74, 6) is -0.223. The normalized spacial score (nSPS) is 10.6. The SMILES string of the molecule is CC(C)Oc1ccc(-c2ccc(C(=O)O)cc2)c(Cl)c1. The molecule has 0 aliphatic rings.